The van der Waals surface area contributed by atoms with Crippen LogP contribution in [0.3, 0.4) is 0 Å². The van der Waals surface area contributed by atoms with Gasteiger partial charge in [-0.05, 0) is 66.6 Å². The molecule has 0 aliphatic rings. The maximum absolute atomic E-state index is 14.3. The normalized spacial score (nSPS) is 10.6. The fourth-order valence-electron chi connectivity index (χ4n) is 4.00. The van der Waals surface area contributed by atoms with Gasteiger partial charge in [-0.3, -0.25) is 14.4 Å². The molecule has 0 fully saturated rings. The number of ketones is 1. The number of halogens is 4. The molecule has 7 nitrogen and oxygen atoms in total. The highest BCUT2D eigenvalue weighted by molar-refractivity contribution is 6.00. The van der Waals surface area contributed by atoms with Crippen LogP contribution in [0.1, 0.15) is 34.1 Å². The molecule has 0 aliphatic carbocycles. The van der Waals surface area contributed by atoms with Crippen molar-refractivity contribution >= 4 is 23.7 Å². The maximum Gasteiger partial charge on any atom is 0.341 e. The van der Waals surface area contributed by atoms with Crippen LogP contribution in [-0.2, 0) is 14.3 Å². The van der Waals surface area contributed by atoms with E-state index in [9.17, 15) is 36.7 Å². The van der Waals surface area contributed by atoms with Crippen molar-refractivity contribution < 1.29 is 51.0 Å². The second kappa shape index (κ2) is 12.5. The number of esters is 3. The van der Waals surface area contributed by atoms with Crippen LogP contribution >= 0.6 is 0 Å². The molecular formula is C31H20F4O7. The van der Waals surface area contributed by atoms with Gasteiger partial charge in [0.2, 0.25) is 0 Å². The molecule has 4 aromatic rings. The van der Waals surface area contributed by atoms with E-state index in [-0.39, 0.29) is 44.9 Å². The van der Waals surface area contributed by atoms with Crippen molar-refractivity contribution in [1.82, 2.24) is 0 Å². The number of methoxy groups -OCH3 is 1. The van der Waals surface area contributed by atoms with Crippen LogP contribution in [0, 0.1) is 23.3 Å². The fourth-order valence-corrected chi connectivity index (χ4v) is 4.00. The van der Waals surface area contributed by atoms with Gasteiger partial charge in [-0.25, -0.2) is 22.4 Å². The first-order valence-corrected chi connectivity index (χ1v) is 12.2. The van der Waals surface area contributed by atoms with Crippen LogP contribution in [0.4, 0.5) is 17.6 Å². The zero-order valence-electron chi connectivity index (χ0n) is 22.0. The van der Waals surface area contributed by atoms with Crippen LogP contribution in [0.15, 0.2) is 72.8 Å². The summed E-state index contributed by atoms with van der Waals surface area (Å²) >= 11 is 0. The lowest BCUT2D eigenvalue weighted by Gasteiger charge is -2.13. The monoisotopic (exact) mass is 580 g/mol. The number of Topliss-reactive ketones (excluding diaryl/α,β-unsaturated/α-hetero) is 1. The predicted molar refractivity (Wildman–Crippen MR) is 141 cm³/mol. The van der Waals surface area contributed by atoms with Crippen LogP contribution in [0.2, 0.25) is 0 Å². The summed E-state index contributed by atoms with van der Waals surface area (Å²) in [5.41, 5.74) is -0.0195. The molecule has 0 heterocycles. The Kier molecular flexibility index (Phi) is 8.80. The van der Waals surface area contributed by atoms with E-state index in [1.54, 1.807) is 0 Å². The molecule has 11 heteroatoms. The molecule has 0 aromatic heterocycles. The van der Waals surface area contributed by atoms with Gasteiger partial charge in [0.15, 0.2) is 5.78 Å². The largest absolute Gasteiger partial charge is 0.465 e. The van der Waals surface area contributed by atoms with E-state index in [1.807, 2.05) is 0 Å². The molecule has 4 rings (SSSR count). The van der Waals surface area contributed by atoms with Crippen LogP contribution < -0.4 is 9.47 Å². The first-order chi connectivity index (χ1) is 20.0. The molecule has 42 heavy (non-hydrogen) atoms. The van der Waals surface area contributed by atoms with Crippen molar-refractivity contribution in [3.63, 3.8) is 0 Å². The summed E-state index contributed by atoms with van der Waals surface area (Å²) < 4.78 is 70.1. The van der Waals surface area contributed by atoms with Gasteiger partial charge in [-0.1, -0.05) is 12.1 Å². The Labute approximate surface area is 236 Å². The Morgan fingerprint density at radius 1 is 0.619 bits per heavy atom. The highest BCUT2D eigenvalue weighted by atomic mass is 19.1. The fraction of sp³-hybridized carbons (Fsp3) is 0.0968. The predicted octanol–water partition coefficient (Wildman–Crippen LogP) is 6.47. The van der Waals surface area contributed by atoms with Crippen molar-refractivity contribution in [2.24, 2.45) is 0 Å². The molecule has 0 saturated carbocycles. The number of hydrogen-bond donors (Lipinski definition) is 0. The number of carbonyl (C=O) groups is 4. The number of hydrogen-bond acceptors (Lipinski definition) is 7. The summed E-state index contributed by atoms with van der Waals surface area (Å²) in [6.45, 7) is 1.18. The smallest absolute Gasteiger partial charge is 0.341 e. The van der Waals surface area contributed by atoms with Crippen LogP contribution in [0.5, 0.6) is 11.5 Å². The highest BCUT2D eigenvalue weighted by Crippen LogP contribution is 2.31. The van der Waals surface area contributed by atoms with Gasteiger partial charge in [0.25, 0.3) is 0 Å². The molecule has 0 amide bonds. The number of carbonyl (C=O) groups excluding carboxylic acids is 4. The minimum Gasteiger partial charge on any atom is -0.465 e. The summed E-state index contributed by atoms with van der Waals surface area (Å²) in [5.74, 6) is -7.58. The van der Waals surface area contributed by atoms with E-state index in [0.29, 0.717) is 12.1 Å². The minimum absolute atomic E-state index is 0.00921. The lowest BCUT2D eigenvalue weighted by molar-refractivity contribution is -0.144. The van der Waals surface area contributed by atoms with Crippen molar-refractivity contribution in [3.8, 4) is 33.8 Å². The first-order valence-electron chi connectivity index (χ1n) is 12.2. The standard InChI is InChI=1S/C31H20F4O7/c1-16(36)23-11-17(21-7-5-19(32)13-25(21)34)3-9-27(23)41-29(37)15-30(38)42-28-10-4-18(12-24(28)31(39)40-2)22-8-6-20(33)14-26(22)35/h3-14H,15H2,1-2H3. The molecular weight excluding hydrogens is 560 g/mol. The van der Waals surface area contributed by atoms with Gasteiger partial charge in [-0.15, -0.1) is 0 Å². The summed E-state index contributed by atoms with van der Waals surface area (Å²) in [6.07, 6.45) is -0.944. The van der Waals surface area contributed by atoms with E-state index in [1.165, 1.54) is 55.5 Å². The Hall–Kier alpha value is -5.32. The van der Waals surface area contributed by atoms with E-state index in [4.69, 9.17) is 14.2 Å². The third-order valence-corrected chi connectivity index (χ3v) is 5.96. The average Bonchev–Trinajstić information content (AvgIpc) is 2.93. The van der Waals surface area contributed by atoms with Crippen LogP contribution in [-0.4, -0.2) is 30.8 Å². The number of ether oxygens (including phenoxy) is 3. The Morgan fingerprint density at radius 2 is 1.07 bits per heavy atom. The second-order valence-electron chi connectivity index (χ2n) is 8.84. The van der Waals surface area contributed by atoms with E-state index < -0.39 is 53.4 Å². The molecule has 4 aromatic carbocycles. The van der Waals surface area contributed by atoms with E-state index >= 15 is 0 Å². The van der Waals surface area contributed by atoms with Crippen molar-refractivity contribution in [3.05, 3.63) is 107 Å². The molecule has 0 radical (unpaired) electrons. The number of rotatable bonds is 8. The van der Waals surface area contributed by atoms with E-state index in [2.05, 4.69) is 0 Å². The van der Waals surface area contributed by atoms with Gasteiger partial charge >= 0.3 is 17.9 Å². The minimum atomic E-state index is -1.14. The summed E-state index contributed by atoms with van der Waals surface area (Å²) in [7, 11) is 1.07. The highest BCUT2D eigenvalue weighted by Gasteiger charge is 2.22. The Morgan fingerprint density at radius 3 is 1.50 bits per heavy atom. The molecule has 0 atom stereocenters. The quantitative estimate of drug-likeness (QED) is 0.0775. The zero-order valence-corrected chi connectivity index (χ0v) is 22.0. The third-order valence-electron chi connectivity index (χ3n) is 5.96. The SMILES string of the molecule is COC(=O)c1cc(-c2ccc(F)cc2F)ccc1OC(=O)CC(=O)Oc1ccc(-c2ccc(F)cc2F)cc1C(C)=O. The van der Waals surface area contributed by atoms with Crippen LogP contribution in [0.25, 0.3) is 22.3 Å². The molecule has 0 bridgehead atoms. The van der Waals surface area contributed by atoms with Gasteiger partial charge in [-0.2, -0.15) is 0 Å². The molecule has 0 aliphatic heterocycles. The van der Waals surface area contributed by atoms with Gasteiger partial charge in [0, 0.05) is 23.3 Å². The first kappa shape index (κ1) is 29.7. The summed E-state index contributed by atoms with van der Waals surface area (Å²) in [4.78, 5) is 49.6. The molecule has 0 N–H and O–H groups in total. The summed E-state index contributed by atoms with van der Waals surface area (Å²) in [5, 5.41) is 0. The molecule has 214 valence electrons. The third kappa shape index (κ3) is 6.69. The molecule has 0 unspecified atom stereocenters. The van der Waals surface area contributed by atoms with Crippen molar-refractivity contribution in [2.75, 3.05) is 7.11 Å². The Bertz CT molecular complexity index is 1730. The Balaban J connectivity index is 1.51. The average molecular weight is 580 g/mol. The summed E-state index contributed by atoms with van der Waals surface area (Å²) in [6, 6.07) is 13.3. The molecule has 0 spiro atoms. The number of benzene rings is 4. The topological polar surface area (TPSA) is 96.0 Å². The lowest BCUT2D eigenvalue weighted by Crippen LogP contribution is -2.20. The van der Waals surface area contributed by atoms with Gasteiger partial charge in [0.05, 0.1) is 12.7 Å². The van der Waals surface area contributed by atoms with Crippen molar-refractivity contribution in [2.45, 2.75) is 13.3 Å². The molecule has 0 saturated heterocycles. The lowest BCUT2D eigenvalue weighted by atomic mass is 10.0. The van der Waals surface area contributed by atoms with Gasteiger partial charge < -0.3 is 14.2 Å². The maximum atomic E-state index is 14.3. The van der Waals surface area contributed by atoms with E-state index in [0.717, 1.165) is 19.2 Å². The zero-order chi connectivity index (χ0) is 30.6. The van der Waals surface area contributed by atoms with Crippen molar-refractivity contribution in [1.29, 1.82) is 0 Å². The van der Waals surface area contributed by atoms with Gasteiger partial charge in [0.1, 0.15) is 46.8 Å². The second-order valence-corrected chi connectivity index (χ2v) is 8.84.